The van der Waals surface area contributed by atoms with E-state index in [1.54, 1.807) is 13.8 Å². The zero-order chi connectivity index (χ0) is 22.6. The Balaban J connectivity index is 4.14. The second-order valence-electron chi connectivity index (χ2n) is 8.94. The lowest BCUT2D eigenvalue weighted by Crippen LogP contribution is -2.49. The Labute approximate surface area is 176 Å². The van der Waals surface area contributed by atoms with Gasteiger partial charge in [0.25, 0.3) is 0 Å². The normalized spacial score (nSPS) is 12.9. The van der Waals surface area contributed by atoms with Gasteiger partial charge in [-0.15, -0.1) is 0 Å². The number of hydrogen-bond acceptors (Lipinski definition) is 6. The highest BCUT2D eigenvalue weighted by molar-refractivity contribution is 5.89. The summed E-state index contributed by atoms with van der Waals surface area (Å²) in [6.07, 6.45) is 0.925. The molecule has 7 heteroatoms. The fourth-order valence-electron chi connectivity index (χ4n) is 2.58. The van der Waals surface area contributed by atoms with E-state index in [1.807, 2.05) is 20.8 Å². The molecule has 29 heavy (non-hydrogen) atoms. The van der Waals surface area contributed by atoms with Crippen LogP contribution in [0.2, 0.25) is 0 Å². The van der Waals surface area contributed by atoms with Gasteiger partial charge in [0.15, 0.2) is 11.6 Å². The number of ketones is 3. The fraction of sp³-hybridized carbons (Fsp3) is 0.818. The number of amides is 1. The van der Waals surface area contributed by atoms with E-state index in [0.29, 0.717) is 18.9 Å². The molecule has 7 nitrogen and oxygen atoms in total. The molecule has 168 valence electrons. The van der Waals surface area contributed by atoms with Crippen LogP contribution < -0.4 is 16.0 Å². The van der Waals surface area contributed by atoms with E-state index >= 15 is 0 Å². The third kappa shape index (κ3) is 12.5. The third-order valence-electron chi connectivity index (χ3n) is 4.87. The second kappa shape index (κ2) is 13.6. The maximum atomic E-state index is 12.4. The molecule has 0 aromatic heterocycles. The van der Waals surface area contributed by atoms with E-state index < -0.39 is 5.54 Å². The third-order valence-corrected chi connectivity index (χ3v) is 4.87. The van der Waals surface area contributed by atoms with Crippen molar-refractivity contribution >= 4 is 23.3 Å². The van der Waals surface area contributed by atoms with Crippen LogP contribution in [0.25, 0.3) is 0 Å². The Morgan fingerprint density at radius 3 is 1.97 bits per heavy atom. The second-order valence-corrected chi connectivity index (χ2v) is 8.94. The summed E-state index contributed by atoms with van der Waals surface area (Å²) in [7, 11) is 0. The largest absolute Gasteiger partial charge is 0.356 e. The molecule has 0 spiro atoms. The van der Waals surface area contributed by atoms with Gasteiger partial charge in [-0.1, -0.05) is 27.7 Å². The van der Waals surface area contributed by atoms with Gasteiger partial charge in [0.1, 0.15) is 5.78 Å². The average Bonchev–Trinajstić information content (AvgIpc) is 2.63. The molecule has 0 aromatic carbocycles. The van der Waals surface area contributed by atoms with E-state index in [-0.39, 0.29) is 61.0 Å². The Morgan fingerprint density at radius 1 is 0.793 bits per heavy atom. The number of Topliss-reactive ketones (excluding diaryl/α,β-unsaturated/α-hetero) is 3. The lowest BCUT2D eigenvalue weighted by Gasteiger charge is -2.25. The minimum absolute atomic E-state index is 0.0329. The van der Waals surface area contributed by atoms with Gasteiger partial charge in [0.2, 0.25) is 5.91 Å². The van der Waals surface area contributed by atoms with Gasteiger partial charge in [-0.2, -0.15) is 0 Å². The smallest absolute Gasteiger partial charge is 0.220 e. The first-order chi connectivity index (χ1) is 13.4. The van der Waals surface area contributed by atoms with Crippen molar-refractivity contribution in [1.82, 2.24) is 16.0 Å². The maximum Gasteiger partial charge on any atom is 0.220 e. The molecule has 0 aliphatic heterocycles. The molecule has 0 heterocycles. The van der Waals surface area contributed by atoms with Crippen molar-refractivity contribution in [3.8, 4) is 0 Å². The van der Waals surface area contributed by atoms with Crippen LogP contribution in [0.3, 0.4) is 0 Å². The zero-order valence-electron chi connectivity index (χ0n) is 19.3. The SMILES string of the molecule is CC(C)CNC(C)C(=O)CCNC(C)(C)C(=O)CCNC(=O)CCC(=O)C(C)C. The van der Waals surface area contributed by atoms with E-state index in [0.717, 1.165) is 6.54 Å². The van der Waals surface area contributed by atoms with E-state index in [4.69, 9.17) is 0 Å². The van der Waals surface area contributed by atoms with Gasteiger partial charge in [-0.25, -0.2) is 0 Å². The molecule has 0 rings (SSSR count). The van der Waals surface area contributed by atoms with Crippen LogP contribution >= 0.6 is 0 Å². The van der Waals surface area contributed by atoms with E-state index in [2.05, 4.69) is 29.8 Å². The Hall–Kier alpha value is -1.60. The molecule has 0 fully saturated rings. The number of nitrogens with one attached hydrogen (secondary N) is 3. The summed E-state index contributed by atoms with van der Waals surface area (Å²) in [5, 5.41) is 9.04. The molecule has 0 saturated carbocycles. The van der Waals surface area contributed by atoms with Crippen LogP contribution in [0.4, 0.5) is 0 Å². The highest BCUT2D eigenvalue weighted by Gasteiger charge is 2.26. The van der Waals surface area contributed by atoms with Crippen LogP contribution in [0, 0.1) is 11.8 Å². The molecule has 0 saturated heterocycles. The average molecular weight is 412 g/mol. The maximum absolute atomic E-state index is 12.4. The predicted octanol–water partition coefficient (Wildman–Crippen LogP) is 2.03. The van der Waals surface area contributed by atoms with Gasteiger partial charge in [-0.05, 0) is 33.2 Å². The van der Waals surface area contributed by atoms with Crippen LogP contribution in [0.5, 0.6) is 0 Å². The van der Waals surface area contributed by atoms with Crippen LogP contribution in [-0.4, -0.2) is 54.5 Å². The van der Waals surface area contributed by atoms with Crippen LogP contribution in [-0.2, 0) is 19.2 Å². The molecule has 0 radical (unpaired) electrons. The molecule has 0 aromatic rings. The monoisotopic (exact) mass is 411 g/mol. The number of hydrogen-bond donors (Lipinski definition) is 3. The Morgan fingerprint density at radius 2 is 1.41 bits per heavy atom. The molecule has 1 amide bonds. The number of carbonyl (C=O) groups is 4. The van der Waals surface area contributed by atoms with Gasteiger partial charge >= 0.3 is 0 Å². The Bertz CT molecular complexity index is 556. The molecule has 3 N–H and O–H groups in total. The summed E-state index contributed by atoms with van der Waals surface area (Å²) in [6.45, 7) is 14.7. The molecular formula is C22H41N3O4. The predicted molar refractivity (Wildman–Crippen MR) is 116 cm³/mol. The number of rotatable bonds is 16. The van der Waals surface area contributed by atoms with Crippen molar-refractivity contribution in [3.63, 3.8) is 0 Å². The summed E-state index contributed by atoms with van der Waals surface area (Å²) < 4.78 is 0. The lowest BCUT2D eigenvalue weighted by molar-refractivity contribution is -0.127. The van der Waals surface area contributed by atoms with Gasteiger partial charge < -0.3 is 16.0 Å². The van der Waals surface area contributed by atoms with Crippen molar-refractivity contribution in [1.29, 1.82) is 0 Å². The molecule has 1 unspecified atom stereocenters. The molecule has 0 aliphatic rings. The molecular weight excluding hydrogens is 370 g/mol. The summed E-state index contributed by atoms with van der Waals surface area (Å²) in [5.41, 5.74) is -0.771. The topological polar surface area (TPSA) is 104 Å². The minimum atomic E-state index is -0.771. The van der Waals surface area contributed by atoms with E-state index in [1.165, 1.54) is 0 Å². The zero-order valence-corrected chi connectivity index (χ0v) is 19.3. The van der Waals surface area contributed by atoms with Crippen molar-refractivity contribution in [3.05, 3.63) is 0 Å². The summed E-state index contributed by atoms with van der Waals surface area (Å²) in [5.74, 6) is 0.336. The number of carbonyl (C=O) groups excluding carboxylic acids is 4. The summed E-state index contributed by atoms with van der Waals surface area (Å²) in [6, 6.07) is -0.198. The molecule has 0 bridgehead atoms. The van der Waals surface area contributed by atoms with Crippen molar-refractivity contribution in [2.75, 3.05) is 19.6 Å². The highest BCUT2D eigenvalue weighted by Crippen LogP contribution is 2.07. The van der Waals surface area contributed by atoms with E-state index in [9.17, 15) is 19.2 Å². The quantitative estimate of drug-likeness (QED) is 0.359. The van der Waals surface area contributed by atoms with Crippen molar-refractivity contribution in [2.24, 2.45) is 11.8 Å². The Kier molecular flexibility index (Phi) is 12.8. The van der Waals surface area contributed by atoms with Crippen molar-refractivity contribution < 1.29 is 19.2 Å². The van der Waals surface area contributed by atoms with Crippen LogP contribution in [0.15, 0.2) is 0 Å². The fourth-order valence-corrected chi connectivity index (χ4v) is 2.58. The summed E-state index contributed by atoms with van der Waals surface area (Å²) in [4.78, 5) is 47.9. The standard InChI is InChI=1S/C22H41N3O4/c1-15(2)14-24-17(5)19(27)10-13-25-22(6,7)20(28)11-12-23-21(29)9-8-18(26)16(3)4/h15-17,24-25H,8-14H2,1-7H3,(H,23,29). The van der Waals surface area contributed by atoms with Gasteiger partial charge in [-0.3, -0.25) is 19.2 Å². The summed E-state index contributed by atoms with van der Waals surface area (Å²) >= 11 is 0. The van der Waals surface area contributed by atoms with Crippen LogP contribution in [0.1, 0.15) is 74.1 Å². The van der Waals surface area contributed by atoms with Crippen molar-refractivity contribution in [2.45, 2.75) is 85.7 Å². The first kappa shape index (κ1) is 27.4. The minimum Gasteiger partial charge on any atom is -0.356 e. The highest BCUT2D eigenvalue weighted by atomic mass is 16.2. The van der Waals surface area contributed by atoms with Gasteiger partial charge in [0, 0.05) is 44.7 Å². The lowest BCUT2D eigenvalue weighted by atomic mass is 9.96. The first-order valence-electron chi connectivity index (χ1n) is 10.7. The molecule has 1 atom stereocenters. The molecule has 0 aliphatic carbocycles. The van der Waals surface area contributed by atoms with Gasteiger partial charge in [0.05, 0.1) is 11.6 Å². The first-order valence-corrected chi connectivity index (χ1v) is 10.7.